The molecule has 14 heavy (non-hydrogen) atoms. The molecule has 0 saturated carbocycles. The number of aliphatic hydroxyl groups excluding tert-OH is 1. The minimum absolute atomic E-state index is 0.211. The first kappa shape index (κ1) is 11.7. The molecule has 1 unspecified atom stereocenters. The van der Waals surface area contributed by atoms with E-state index in [1.807, 2.05) is 6.92 Å². The van der Waals surface area contributed by atoms with Crippen molar-refractivity contribution in [2.45, 2.75) is 19.8 Å². The van der Waals surface area contributed by atoms with E-state index in [0.717, 1.165) is 18.4 Å². The Morgan fingerprint density at radius 2 is 2.21 bits per heavy atom. The van der Waals surface area contributed by atoms with Gasteiger partial charge in [0.2, 0.25) is 0 Å². The van der Waals surface area contributed by atoms with Gasteiger partial charge in [0, 0.05) is 6.61 Å². The zero-order chi connectivity index (χ0) is 10.6. The molecular weight excluding hydrogens is 247 g/mol. The van der Waals surface area contributed by atoms with Crippen LogP contribution >= 0.6 is 15.9 Å². The summed E-state index contributed by atoms with van der Waals surface area (Å²) in [4.78, 5) is 0. The maximum atomic E-state index is 12.9. The third kappa shape index (κ3) is 3.39. The third-order valence-corrected chi connectivity index (χ3v) is 2.83. The summed E-state index contributed by atoms with van der Waals surface area (Å²) < 4.78 is 13.4. The fraction of sp³-hybridized carbons (Fsp3) is 0.455. The van der Waals surface area contributed by atoms with Crippen LogP contribution in [-0.2, 0) is 6.42 Å². The number of hydrogen-bond donors (Lipinski definition) is 1. The first-order valence-corrected chi connectivity index (χ1v) is 5.47. The Morgan fingerprint density at radius 3 is 2.79 bits per heavy atom. The molecule has 1 rings (SSSR count). The van der Waals surface area contributed by atoms with Crippen molar-refractivity contribution in [3.05, 3.63) is 34.1 Å². The van der Waals surface area contributed by atoms with Gasteiger partial charge in [0.25, 0.3) is 0 Å². The number of benzene rings is 1. The average Bonchev–Trinajstić information content (AvgIpc) is 2.19. The molecule has 0 amide bonds. The molecule has 0 aliphatic heterocycles. The minimum atomic E-state index is -0.232. The molecule has 0 aliphatic rings. The molecule has 0 saturated heterocycles. The number of aliphatic hydroxyl groups is 1. The summed E-state index contributed by atoms with van der Waals surface area (Å²) >= 11 is 3.15. The van der Waals surface area contributed by atoms with Crippen LogP contribution in [-0.4, -0.2) is 11.7 Å². The second-order valence-corrected chi connectivity index (χ2v) is 4.43. The minimum Gasteiger partial charge on any atom is -0.396 e. The number of aryl methyl sites for hydroxylation is 1. The summed E-state index contributed by atoms with van der Waals surface area (Å²) in [6.07, 6.45) is 1.80. The molecule has 1 nitrogen and oxygen atoms in total. The molecule has 1 N–H and O–H groups in total. The standard InChI is InChI=1S/C11H14BrFO/c1-8(7-14)2-3-9-4-5-11(13)10(12)6-9/h4-6,8,14H,2-3,7H2,1H3. The maximum absolute atomic E-state index is 12.9. The Labute approximate surface area is 92.1 Å². The van der Waals surface area contributed by atoms with E-state index in [9.17, 15) is 4.39 Å². The van der Waals surface area contributed by atoms with Crippen LogP contribution in [0.4, 0.5) is 4.39 Å². The van der Waals surface area contributed by atoms with Crippen LogP contribution in [0.15, 0.2) is 22.7 Å². The predicted molar refractivity (Wildman–Crippen MR) is 58.7 cm³/mol. The molecule has 1 atom stereocenters. The van der Waals surface area contributed by atoms with Crippen molar-refractivity contribution in [2.24, 2.45) is 5.92 Å². The van der Waals surface area contributed by atoms with E-state index in [2.05, 4.69) is 15.9 Å². The largest absolute Gasteiger partial charge is 0.396 e. The van der Waals surface area contributed by atoms with Crippen molar-refractivity contribution in [2.75, 3.05) is 6.61 Å². The number of rotatable bonds is 4. The Morgan fingerprint density at radius 1 is 1.50 bits per heavy atom. The van der Waals surface area contributed by atoms with Crippen LogP contribution < -0.4 is 0 Å². The molecule has 1 aromatic carbocycles. The van der Waals surface area contributed by atoms with E-state index in [-0.39, 0.29) is 12.4 Å². The van der Waals surface area contributed by atoms with E-state index in [1.54, 1.807) is 12.1 Å². The molecule has 78 valence electrons. The molecule has 0 bridgehead atoms. The fourth-order valence-electron chi connectivity index (χ4n) is 1.20. The lowest BCUT2D eigenvalue weighted by atomic mass is 10.0. The molecule has 0 radical (unpaired) electrons. The van der Waals surface area contributed by atoms with Crippen LogP contribution in [0.2, 0.25) is 0 Å². The van der Waals surface area contributed by atoms with Crippen LogP contribution in [0.1, 0.15) is 18.9 Å². The second kappa shape index (κ2) is 5.47. The zero-order valence-electron chi connectivity index (χ0n) is 8.13. The first-order valence-electron chi connectivity index (χ1n) is 4.68. The van der Waals surface area contributed by atoms with Crippen LogP contribution in [0.5, 0.6) is 0 Å². The molecule has 1 aromatic rings. The van der Waals surface area contributed by atoms with Crippen LogP contribution in [0.25, 0.3) is 0 Å². The summed E-state index contributed by atoms with van der Waals surface area (Å²) in [5.74, 6) is 0.0720. The zero-order valence-corrected chi connectivity index (χ0v) is 9.72. The predicted octanol–water partition coefficient (Wildman–Crippen LogP) is 3.15. The van der Waals surface area contributed by atoms with E-state index >= 15 is 0 Å². The highest BCUT2D eigenvalue weighted by Crippen LogP contribution is 2.18. The molecule has 0 fully saturated rings. The van der Waals surface area contributed by atoms with Gasteiger partial charge in [0.1, 0.15) is 5.82 Å². The highest BCUT2D eigenvalue weighted by atomic mass is 79.9. The van der Waals surface area contributed by atoms with Crippen molar-refractivity contribution in [3.63, 3.8) is 0 Å². The Kier molecular flexibility index (Phi) is 4.55. The Bertz CT molecular complexity index is 301. The van der Waals surface area contributed by atoms with Gasteiger partial charge >= 0.3 is 0 Å². The van der Waals surface area contributed by atoms with Crippen LogP contribution in [0, 0.1) is 11.7 Å². The van der Waals surface area contributed by atoms with Gasteiger partial charge in [-0.15, -0.1) is 0 Å². The lowest BCUT2D eigenvalue weighted by molar-refractivity contribution is 0.230. The molecule has 3 heteroatoms. The van der Waals surface area contributed by atoms with E-state index in [1.165, 1.54) is 6.07 Å². The van der Waals surface area contributed by atoms with Gasteiger partial charge in [0.05, 0.1) is 4.47 Å². The molecule has 0 spiro atoms. The van der Waals surface area contributed by atoms with Gasteiger partial charge in [-0.1, -0.05) is 13.0 Å². The van der Waals surface area contributed by atoms with Gasteiger partial charge in [-0.25, -0.2) is 4.39 Å². The van der Waals surface area contributed by atoms with Gasteiger partial charge in [-0.3, -0.25) is 0 Å². The second-order valence-electron chi connectivity index (χ2n) is 3.57. The monoisotopic (exact) mass is 260 g/mol. The SMILES string of the molecule is CC(CO)CCc1ccc(F)c(Br)c1. The normalized spacial score (nSPS) is 12.9. The highest BCUT2D eigenvalue weighted by molar-refractivity contribution is 9.10. The van der Waals surface area contributed by atoms with Gasteiger partial charge in [-0.05, 0) is 52.4 Å². The topological polar surface area (TPSA) is 20.2 Å². The van der Waals surface area contributed by atoms with Crippen molar-refractivity contribution in [1.29, 1.82) is 0 Å². The van der Waals surface area contributed by atoms with Crippen molar-refractivity contribution >= 4 is 15.9 Å². The summed E-state index contributed by atoms with van der Waals surface area (Å²) in [6.45, 7) is 2.21. The Hall–Kier alpha value is -0.410. The van der Waals surface area contributed by atoms with E-state index in [4.69, 9.17) is 5.11 Å². The smallest absolute Gasteiger partial charge is 0.137 e. The van der Waals surface area contributed by atoms with E-state index < -0.39 is 0 Å². The highest BCUT2D eigenvalue weighted by Gasteiger charge is 2.03. The van der Waals surface area contributed by atoms with Crippen molar-refractivity contribution < 1.29 is 9.50 Å². The van der Waals surface area contributed by atoms with Gasteiger partial charge < -0.3 is 5.11 Å². The number of halogens is 2. The summed E-state index contributed by atoms with van der Waals surface area (Å²) in [5, 5.41) is 8.84. The third-order valence-electron chi connectivity index (χ3n) is 2.22. The van der Waals surface area contributed by atoms with Crippen molar-refractivity contribution in [1.82, 2.24) is 0 Å². The maximum Gasteiger partial charge on any atom is 0.137 e. The van der Waals surface area contributed by atoms with Gasteiger partial charge in [-0.2, -0.15) is 0 Å². The summed E-state index contributed by atoms with van der Waals surface area (Å²) in [7, 11) is 0. The molecule has 0 aliphatic carbocycles. The van der Waals surface area contributed by atoms with Crippen molar-refractivity contribution in [3.8, 4) is 0 Å². The van der Waals surface area contributed by atoms with Crippen LogP contribution in [0.3, 0.4) is 0 Å². The van der Waals surface area contributed by atoms with Gasteiger partial charge in [0.15, 0.2) is 0 Å². The molecule has 0 heterocycles. The fourth-order valence-corrected chi connectivity index (χ4v) is 1.63. The first-order chi connectivity index (χ1) is 6.63. The Balaban J connectivity index is 2.55. The molecule has 0 aromatic heterocycles. The summed E-state index contributed by atoms with van der Waals surface area (Å²) in [5.41, 5.74) is 1.10. The van der Waals surface area contributed by atoms with E-state index in [0.29, 0.717) is 10.4 Å². The number of hydrogen-bond acceptors (Lipinski definition) is 1. The lowest BCUT2D eigenvalue weighted by Gasteiger charge is -2.07. The average molecular weight is 261 g/mol. The summed E-state index contributed by atoms with van der Waals surface area (Å²) in [6, 6.07) is 5.03. The lowest BCUT2D eigenvalue weighted by Crippen LogP contribution is -2.02. The quantitative estimate of drug-likeness (QED) is 0.882. The molecular formula is C11H14BrFO.